The van der Waals surface area contributed by atoms with E-state index in [0.717, 1.165) is 21.3 Å². The molecule has 0 saturated carbocycles. The third-order valence-electron chi connectivity index (χ3n) is 4.70. The highest BCUT2D eigenvalue weighted by atomic mass is 79.9. The van der Waals surface area contributed by atoms with Crippen LogP contribution in [0.15, 0.2) is 57.9 Å². The molecule has 2 aromatic rings. The Morgan fingerprint density at radius 3 is 2.43 bits per heavy atom. The Morgan fingerprint density at radius 2 is 1.79 bits per heavy atom. The molecule has 1 fully saturated rings. The highest BCUT2D eigenvalue weighted by Gasteiger charge is 2.42. The van der Waals surface area contributed by atoms with Crippen molar-refractivity contribution in [3.05, 3.63) is 69.0 Å². The fraction of sp³-hybridized carbons (Fsp3) is 0.190. The van der Waals surface area contributed by atoms with Gasteiger partial charge >= 0.3 is 0 Å². The number of thiocarbonyl (C=S) groups is 1. The molecule has 1 saturated heterocycles. The van der Waals surface area contributed by atoms with Crippen molar-refractivity contribution < 1.29 is 9.59 Å². The predicted molar refractivity (Wildman–Crippen MR) is 121 cm³/mol. The first-order chi connectivity index (χ1) is 13.4. The van der Waals surface area contributed by atoms with E-state index in [1.807, 2.05) is 62.4 Å². The number of benzene rings is 2. The number of halogens is 1. The molecule has 4 nitrogen and oxygen atoms in total. The van der Waals surface area contributed by atoms with E-state index in [9.17, 15) is 9.59 Å². The molecule has 0 radical (unpaired) electrons. The lowest BCUT2D eigenvalue weighted by atomic mass is 10.1. The summed E-state index contributed by atoms with van der Waals surface area (Å²) in [5.41, 5.74) is 3.04. The van der Waals surface area contributed by atoms with Crippen molar-refractivity contribution in [3.63, 3.8) is 0 Å². The van der Waals surface area contributed by atoms with Crippen LogP contribution in [-0.2, 0) is 16.1 Å². The number of thioether (sulfide) groups is 1. The topological polar surface area (TPSA) is 40.6 Å². The summed E-state index contributed by atoms with van der Waals surface area (Å²) in [6.45, 7) is 4.28. The van der Waals surface area contributed by atoms with Crippen LogP contribution in [0.1, 0.15) is 25.0 Å². The van der Waals surface area contributed by atoms with Crippen molar-refractivity contribution in [1.82, 2.24) is 4.90 Å². The quantitative estimate of drug-likeness (QED) is 0.466. The first-order valence-corrected chi connectivity index (χ1v) is 10.9. The van der Waals surface area contributed by atoms with Gasteiger partial charge in [0.1, 0.15) is 4.32 Å². The minimum atomic E-state index is -0.194. The van der Waals surface area contributed by atoms with Crippen LogP contribution < -0.4 is 4.90 Å². The average Bonchev–Trinajstić information content (AvgIpc) is 3.09. The molecular weight excluding hydrogens is 456 g/mol. The Kier molecular flexibility index (Phi) is 5.16. The zero-order valence-electron chi connectivity index (χ0n) is 15.3. The van der Waals surface area contributed by atoms with Crippen molar-refractivity contribution in [3.8, 4) is 0 Å². The van der Waals surface area contributed by atoms with Crippen molar-refractivity contribution in [2.24, 2.45) is 0 Å². The number of anilines is 1. The summed E-state index contributed by atoms with van der Waals surface area (Å²) < 4.78 is 1.35. The summed E-state index contributed by atoms with van der Waals surface area (Å²) >= 11 is 10.1. The molecule has 0 N–H and O–H groups in total. The third kappa shape index (κ3) is 3.21. The Morgan fingerprint density at radius 1 is 1.07 bits per heavy atom. The van der Waals surface area contributed by atoms with Gasteiger partial charge in [0.05, 0.1) is 22.7 Å². The van der Waals surface area contributed by atoms with Crippen molar-refractivity contribution in [2.75, 3.05) is 4.90 Å². The molecule has 142 valence electrons. The van der Waals surface area contributed by atoms with Crippen LogP contribution in [0.2, 0.25) is 0 Å². The van der Waals surface area contributed by atoms with E-state index in [1.54, 1.807) is 9.80 Å². The van der Waals surface area contributed by atoms with E-state index in [2.05, 4.69) is 15.9 Å². The largest absolute Gasteiger partial charge is 0.303 e. The fourth-order valence-electron chi connectivity index (χ4n) is 3.42. The van der Waals surface area contributed by atoms with Crippen LogP contribution in [-0.4, -0.2) is 27.1 Å². The Balaban J connectivity index is 1.84. The zero-order valence-corrected chi connectivity index (χ0v) is 18.5. The second kappa shape index (κ2) is 7.46. The van der Waals surface area contributed by atoms with Gasteiger partial charge in [-0.3, -0.25) is 14.5 Å². The molecule has 2 aromatic carbocycles. The first kappa shape index (κ1) is 19.4. The molecule has 4 rings (SSSR count). The minimum Gasteiger partial charge on any atom is -0.303 e. The van der Waals surface area contributed by atoms with Gasteiger partial charge in [0.2, 0.25) is 0 Å². The molecule has 0 unspecified atom stereocenters. The van der Waals surface area contributed by atoms with Gasteiger partial charge in [-0.05, 0) is 37.6 Å². The summed E-state index contributed by atoms with van der Waals surface area (Å²) in [5.74, 6) is -0.359. The molecule has 0 aromatic heterocycles. The molecule has 2 heterocycles. The number of carbonyl (C=O) groups is 2. The molecule has 0 aliphatic carbocycles. The molecule has 0 atom stereocenters. The maximum atomic E-state index is 13.4. The van der Waals surface area contributed by atoms with Crippen molar-refractivity contribution in [2.45, 2.75) is 26.4 Å². The molecular formula is C21H17BrN2O2S2. The lowest BCUT2D eigenvalue weighted by Gasteiger charge is -2.18. The molecule has 2 aliphatic heterocycles. The normalized spacial score (nSPS) is 19.2. The molecule has 2 amide bonds. The van der Waals surface area contributed by atoms with Crippen molar-refractivity contribution in [1.29, 1.82) is 0 Å². The maximum absolute atomic E-state index is 13.4. The van der Waals surface area contributed by atoms with E-state index >= 15 is 0 Å². The fourth-order valence-corrected chi connectivity index (χ4v) is 5.38. The predicted octanol–water partition coefficient (Wildman–Crippen LogP) is 4.98. The second-order valence-electron chi connectivity index (χ2n) is 6.88. The SMILES string of the molecule is CC(C)N1C(=O)C(=C2C(=O)N(Cc3ccccc3)c3ccc(Br)cc32)SC1=S. The number of amides is 2. The smallest absolute Gasteiger partial charge is 0.267 e. The van der Waals surface area contributed by atoms with Crippen molar-refractivity contribution >= 4 is 67.3 Å². The third-order valence-corrected chi connectivity index (χ3v) is 6.60. The molecule has 0 spiro atoms. The van der Waals surface area contributed by atoms with Gasteiger partial charge in [0, 0.05) is 16.1 Å². The highest BCUT2D eigenvalue weighted by molar-refractivity contribution is 9.10. The van der Waals surface area contributed by atoms with Crippen LogP contribution >= 0.6 is 39.9 Å². The van der Waals surface area contributed by atoms with Crippen LogP contribution in [0.3, 0.4) is 0 Å². The number of nitrogens with zero attached hydrogens (tertiary/aromatic N) is 2. The zero-order chi connectivity index (χ0) is 20.0. The standard InChI is InChI=1S/C21H17BrN2O2S2/c1-12(2)24-20(26)18(28-21(24)27)17-15-10-14(22)8-9-16(15)23(19(17)25)11-13-6-4-3-5-7-13/h3-10,12H,11H2,1-2H3. The van der Waals surface area contributed by atoms with E-state index < -0.39 is 0 Å². The molecule has 2 aliphatic rings. The van der Waals surface area contributed by atoms with Crippen LogP contribution in [0.4, 0.5) is 5.69 Å². The monoisotopic (exact) mass is 472 g/mol. The van der Waals surface area contributed by atoms with Gasteiger partial charge < -0.3 is 4.90 Å². The summed E-state index contributed by atoms with van der Waals surface area (Å²) in [5, 5.41) is 0. The van der Waals surface area contributed by atoms with E-state index in [1.165, 1.54) is 11.8 Å². The van der Waals surface area contributed by atoms with Gasteiger partial charge in [-0.2, -0.15) is 0 Å². The van der Waals surface area contributed by atoms with Crippen LogP contribution in [0, 0.1) is 0 Å². The average molecular weight is 473 g/mol. The van der Waals surface area contributed by atoms with Crippen LogP contribution in [0.5, 0.6) is 0 Å². The second-order valence-corrected chi connectivity index (χ2v) is 9.44. The summed E-state index contributed by atoms with van der Waals surface area (Å²) in [7, 11) is 0. The van der Waals surface area contributed by atoms with Gasteiger partial charge in [0.15, 0.2) is 0 Å². The number of hydrogen-bond acceptors (Lipinski definition) is 4. The Bertz CT molecular complexity index is 1030. The molecule has 0 bridgehead atoms. The Labute approximate surface area is 181 Å². The minimum absolute atomic E-state index is 0.0514. The summed E-state index contributed by atoms with van der Waals surface area (Å²) in [4.78, 5) is 30.2. The van der Waals surface area contributed by atoms with Crippen LogP contribution in [0.25, 0.3) is 5.57 Å². The number of hydrogen-bond donors (Lipinski definition) is 0. The first-order valence-electron chi connectivity index (χ1n) is 8.84. The lowest BCUT2D eigenvalue weighted by molar-refractivity contribution is -0.123. The molecule has 28 heavy (non-hydrogen) atoms. The van der Waals surface area contributed by atoms with Gasteiger partial charge in [-0.1, -0.05) is 70.2 Å². The van der Waals surface area contributed by atoms with E-state index in [4.69, 9.17) is 12.2 Å². The summed E-state index contributed by atoms with van der Waals surface area (Å²) in [6.07, 6.45) is 0. The number of carbonyl (C=O) groups excluding carboxylic acids is 2. The number of fused-ring (bicyclic) bond motifs is 1. The number of rotatable bonds is 3. The van der Waals surface area contributed by atoms with Gasteiger partial charge in [0.25, 0.3) is 11.8 Å². The summed E-state index contributed by atoms with van der Waals surface area (Å²) in [6, 6.07) is 15.5. The maximum Gasteiger partial charge on any atom is 0.267 e. The van der Waals surface area contributed by atoms with E-state index in [0.29, 0.717) is 21.3 Å². The molecule has 7 heteroatoms. The van der Waals surface area contributed by atoms with E-state index in [-0.39, 0.29) is 17.9 Å². The highest BCUT2D eigenvalue weighted by Crippen LogP contribution is 2.46. The van der Waals surface area contributed by atoms with Gasteiger partial charge in [-0.25, -0.2) is 0 Å². The van der Waals surface area contributed by atoms with Gasteiger partial charge in [-0.15, -0.1) is 0 Å². The lowest BCUT2D eigenvalue weighted by Crippen LogP contribution is -2.34. The Hall–Kier alpha value is -1.96.